The van der Waals surface area contributed by atoms with Gasteiger partial charge in [-0.05, 0) is 30.9 Å². The quantitative estimate of drug-likeness (QED) is 0.878. The van der Waals surface area contributed by atoms with E-state index in [1.807, 2.05) is 23.1 Å². The fraction of sp³-hybridized carbons (Fsp3) is 0.600. The Kier molecular flexibility index (Phi) is 4.61. The van der Waals surface area contributed by atoms with Crippen LogP contribution < -0.4 is 10.1 Å². The van der Waals surface area contributed by atoms with Crippen molar-refractivity contribution in [1.82, 2.24) is 15.1 Å². The van der Waals surface area contributed by atoms with Crippen LogP contribution in [0.3, 0.4) is 0 Å². The Labute approximate surface area is 154 Å². The third-order valence-corrected chi connectivity index (χ3v) is 5.81. The predicted octanol–water partition coefficient (Wildman–Crippen LogP) is 1.86. The van der Waals surface area contributed by atoms with Crippen LogP contribution in [0.5, 0.6) is 5.75 Å². The minimum Gasteiger partial charge on any atom is -0.467 e. The summed E-state index contributed by atoms with van der Waals surface area (Å²) in [5.74, 6) is 1.41. The minimum absolute atomic E-state index is 0.0707. The van der Waals surface area contributed by atoms with Gasteiger partial charge in [0.05, 0.1) is 12.1 Å². The van der Waals surface area contributed by atoms with E-state index in [1.54, 1.807) is 6.07 Å². The Morgan fingerprint density at radius 3 is 2.81 bits per heavy atom. The van der Waals surface area contributed by atoms with Crippen molar-refractivity contribution in [3.8, 4) is 5.75 Å². The predicted molar refractivity (Wildman–Crippen MR) is 97.9 cm³/mol. The lowest BCUT2D eigenvalue weighted by atomic mass is 9.96. The van der Waals surface area contributed by atoms with E-state index in [9.17, 15) is 9.59 Å². The van der Waals surface area contributed by atoms with Crippen molar-refractivity contribution in [2.75, 3.05) is 32.7 Å². The Morgan fingerprint density at radius 2 is 2.04 bits per heavy atom. The van der Waals surface area contributed by atoms with Crippen molar-refractivity contribution in [2.45, 2.75) is 38.3 Å². The molecule has 140 valence electrons. The molecule has 1 spiro atoms. The van der Waals surface area contributed by atoms with Gasteiger partial charge in [0.25, 0.3) is 5.91 Å². The summed E-state index contributed by atoms with van der Waals surface area (Å²) in [5, 5.41) is 3.05. The second kappa shape index (κ2) is 6.91. The van der Waals surface area contributed by atoms with Crippen LogP contribution in [0.2, 0.25) is 0 Å². The Balaban J connectivity index is 1.34. The summed E-state index contributed by atoms with van der Waals surface area (Å²) >= 11 is 0. The van der Waals surface area contributed by atoms with Gasteiger partial charge in [-0.25, -0.2) is 0 Å². The molecule has 6 nitrogen and oxygen atoms in total. The molecule has 1 unspecified atom stereocenters. The molecule has 2 saturated heterocycles. The van der Waals surface area contributed by atoms with Gasteiger partial charge in [0.15, 0.2) is 5.72 Å². The van der Waals surface area contributed by atoms with E-state index >= 15 is 0 Å². The standard InChI is InChI=1S/C20H27N3O3/c1-15-5-4-10-23(13-15)18(24)14-22-11-8-20(9-12-22)21-19(25)16-6-2-3-7-17(16)26-20/h2-3,6-7,15H,4-5,8-14H2,1H3,(H,21,25). The first-order chi connectivity index (χ1) is 12.5. The maximum atomic E-state index is 12.6. The van der Waals surface area contributed by atoms with E-state index < -0.39 is 5.72 Å². The average molecular weight is 357 g/mol. The molecule has 1 aromatic carbocycles. The Morgan fingerprint density at radius 1 is 1.27 bits per heavy atom. The molecule has 0 aliphatic carbocycles. The number of likely N-dealkylation sites (tertiary alicyclic amines) is 2. The van der Waals surface area contributed by atoms with E-state index in [-0.39, 0.29) is 11.8 Å². The van der Waals surface area contributed by atoms with Gasteiger partial charge >= 0.3 is 0 Å². The number of rotatable bonds is 2. The number of hydrogen-bond acceptors (Lipinski definition) is 4. The molecule has 1 atom stereocenters. The highest BCUT2D eigenvalue weighted by Crippen LogP contribution is 2.33. The van der Waals surface area contributed by atoms with Crippen LogP contribution in [-0.2, 0) is 4.79 Å². The van der Waals surface area contributed by atoms with Crippen molar-refractivity contribution in [1.29, 1.82) is 0 Å². The van der Waals surface area contributed by atoms with Gasteiger partial charge in [-0.15, -0.1) is 0 Å². The number of carbonyl (C=O) groups excluding carboxylic acids is 2. The summed E-state index contributed by atoms with van der Waals surface area (Å²) in [4.78, 5) is 29.2. The lowest BCUT2D eigenvalue weighted by Gasteiger charge is -2.44. The summed E-state index contributed by atoms with van der Waals surface area (Å²) in [6.45, 7) is 5.94. The minimum atomic E-state index is -0.634. The fourth-order valence-corrected chi connectivity index (χ4v) is 4.26. The molecule has 26 heavy (non-hydrogen) atoms. The molecule has 2 fully saturated rings. The average Bonchev–Trinajstić information content (AvgIpc) is 2.64. The third kappa shape index (κ3) is 3.43. The molecule has 4 rings (SSSR count). The SMILES string of the molecule is CC1CCCN(C(=O)CN2CCC3(CC2)NC(=O)c2ccccc2O3)C1. The normalized spacial score (nSPS) is 25.3. The molecule has 0 radical (unpaired) electrons. The summed E-state index contributed by atoms with van der Waals surface area (Å²) in [7, 11) is 0. The maximum absolute atomic E-state index is 12.6. The molecule has 0 bridgehead atoms. The van der Waals surface area contributed by atoms with Crippen LogP contribution in [0.25, 0.3) is 0 Å². The molecular weight excluding hydrogens is 330 g/mol. The van der Waals surface area contributed by atoms with Crippen LogP contribution in [0, 0.1) is 5.92 Å². The van der Waals surface area contributed by atoms with Crippen LogP contribution in [0.15, 0.2) is 24.3 Å². The van der Waals surface area contributed by atoms with Crippen LogP contribution in [0.1, 0.15) is 43.0 Å². The first-order valence-corrected chi connectivity index (χ1v) is 9.65. The van der Waals surface area contributed by atoms with Gasteiger partial charge in [0, 0.05) is 39.0 Å². The van der Waals surface area contributed by atoms with Crippen molar-refractivity contribution >= 4 is 11.8 Å². The molecule has 6 heteroatoms. The molecular formula is C20H27N3O3. The van der Waals surface area contributed by atoms with E-state index in [1.165, 1.54) is 6.42 Å². The zero-order valence-corrected chi connectivity index (χ0v) is 15.4. The first kappa shape index (κ1) is 17.3. The lowest BCUT2D eigenvalue weighted by molar-refractivity contribution is -0.135. The highest BCUT2D eigenvalue weighted by atomic mass is 16.5. The number of ether oxygens (including phenoxy) is 1. The number of carbonyl (C=O) groups is 2. The number of hydrogen-bond donors (Lipinski definition) is 1. The number of para-hydroxylation sites is 1. The molecule has 1 aromatic rings. The summed E-state index contributed by atoms with van der Waals surface area (Å²) in [5.41, 5.74) is -0.0418. The van der Waals surface area contributed by atoms with E-state index in [0.29, 0.717) is 36.6 Å². The number of nitrogens with one attached hydrogen (secondary N) is 1. The first-order valence-electron chi connectivity index (χ1n) is 9.65. The largest absolute Gasteiger partial charge is 0.467 e. The molecule has 0 saturated carbocycles. The zero-order valence-electron chi connectivity index (χ0n) is 15.4. The van der Waals surface area contributed by atoms with Gasteiger partial charge in [0.2, 0.25) is 5.91 Å². The highest BCUT2D eigenvalue weighted by molar-refractivity contribution is 5.98. The van der Waals surface area contributed by atoms with Gasteiger partial charge in [-0.2, -0.15) is 0 Å². The van der Waals surface area contributed by atoms with Crippen LogP contribution >= 0.6 is 0 Å². The van der Waals surface area contributed by atoms with E-state index in [2.05, 4.69) is 17.1 Å². The van der Waals surface area contributed by atoms with Crippen molar-refractivity contribution in [2.24, 2.45) is 5.92 Å². The monoisotopic (exact) mass is 357 g/mol. The van der Waals surface area contributed by atoms with Gasteiger partial charge in [0.1, 0.15) is 5.75 Å². The van der Waals surface area contributed by atoms with Crippen molar-refractivity contribution in [3.05, 3.63) is 29.8 Å². The molecule has 2 amide bonds. The molecule has 3 aliphatic heterocycles. The Bertz CT molecular complexity index is 697. The van der Waals surface area contributed by atoms with Crippen LogP contribution in [-0.4, -0.2) is 60.1 Å². The number of fused-ring (bicyclic) bond motifs is 1. The van der Waals surface area contributed by atoms with Gasteiger partial charge in [-0.3, -0.25) is 14.5 Å². The third-order valence-electron chi connectivity index (χ3n) is 5.81. The number of piperidine rings is 2. The number of benzene rings is 1. The molecule has 3 heterocycles. The van der Waals surface area contributed by atoms with Crippen molar-refractivity contribution < 1.29 is 14.3 Å². The molecule has 0 aromatic heterocycles. The second-order valence-electron chi connectivity index (χ2n) is 7.91. The smallest absolute Gasteiger partial charge is 0.258 e. The van der Waals surface area contributed by atoms with E-state index in [0.717, 1.165) is 32.6 Å². The van der Waals surface area contributed by atoms with E-state index in [4.69, 9.17) is 4.74 Å². The Hall–Kier alpha value is -2.08. The fourth-order valence-electron chi connectivity index (χ4n) is 4.26. The second-order valence-corrected chi connectivity index (χ2v) is 7.91. The van der Waals surface area contributed by atoms with Crippen molar-refractivity contribution in [3.63, 3.8) is 0 Å². The molecule has 3 aliphatic rings. The summed E-state index contributed by atoms with van der Waals surface area (Å²) in [6.07, 6.45) is 3.71. The summed E-state index contributed by atoms with van der Waals surface area (Å²) < 4.78 is 6.16. The van der Waals surface area contributed by atoms with Gasteiger partial charge in [-0.1, -0.05) is 19.1 Å². The highest BCUT2D eigenvalue weighted by Gasteiger charge is 2.42. The van der Waals surface area contributed by atoms with Gasteiger partial charge < -0.3 is 15.0 Å². The maximum Gasteiger partial charge on any atom is 0.258 e. The van der Waals surface area contributed by atoms with Crippen LogP contribution in [0.4, 0.5) is 0 Å². The molecule has 1 N–H and O–H groups in total. The number of amides is 2. The lowest BCUT2D eigenvalue weighted by Crippen LogP contribution is -2.61. The number of nitrogens with zero attached hydrogens (tertiary/aromatic N) is 2. The summed E-state index contributed by atoms with van der Waals surface area (Å²) in [6, 6.07) is 7.36. The zero-order chi connectivity index (χ0) is 18.1. The topological polar surface area (TPSA) is 61.9 Å².